The first-order chi connectivity index (χ1) is 34.0. The van der Waals surface area contributed by atoms with Gasteiger partial charge in [0.1, 0.15) is 13.2 Å². The molecule has 0 spiro atoms. The lowest BCUT2D eigenvalue weighted by Crippen LogP contribution is -2.30. The van der Waals surface area contributed by atoms with Crippen molar-refractivity contribution in [2.75, 3.05) is 13.2 Å². The van der Waals surface area contributed by atoms with Crippen molar-refractivity contribution >= 4 is 17.9 Å². The van der Waals surface area contributed by atoms with Crippen LogP contribution in [0.5, 0.6) is 0 Å². The summed E-state index contributed by atoms with van der Waals surface area (Å²) in [6, 6.07) is 0. The number of rotatable bonds is 44. The molecule has 0 amide bonds. The quantitative estimate of drug-likeness (QED) is 0.0199. The molecular weight excluding hydrogens is 853 g/mol. The first kappa shape index (κ1) is 63.5. The minimum Gasteiger partial charge on any atom is -0.462 e. The minimum absolute atomic E-state index is 0.146. The molecular formula is C63H92O6. The fourth-order valence-electron chi connectivity index (χ4n) is 6.15. The smallest absolute Gasteiger partial charge is 0.306 e. The fraction of sp³-hybridized carbons (Fsp3) is 0.476. The largest absolute Gasteiger partial charge is 0.462 e. The Kier molecular flexibility index (Phi) is 50.7. The van der Waals surface area contributed by atoms with E-state index in [4.69, 9.17) is 14.2 Å². The Labute approximate surface area is 421 Å². The molecule has 0 aromatic rings. The second-order valence-electron chi connectivity index (χ2n) is 16.4. The second kappa shape index (κ2) is 55.1. The van der Waals surface area contributed by atoms with Gasteiger partial charge in [-0.1, -0.05) is 216 Å². The summed E-state index contributed by atoms with van der Waals surface area (Å²) in [5, 5.41) is 0. The number of carbonyl (C=O) groups excluding carboxylic acids is 3. The van der Waals surface area contributed by atoms with Gasteiger partial charge in [-0.2, -0.15) is 0 Å². The van der Waals surface area contributed by atoms with E-state index in [0.717, 1.165) is 116 Å². The summed E-state index contributed by atoms with van der Waals surface area (Å²) in [6.45, 7) is 6.10. The average Bonchev–Trinajstić information content (AvgIpc) is 3.35. The second-order valence-corrected chi connectivity index (χ2v) is 16.4. The third kappa shape index (κ3) is 53.3. The van der Waals surface area contributed by atoms with E-state index in [1.807, 2.05) is 48.6 Å². The highest BCUT2D eigenvalue weighted by Gasteiger charge is 2.19. The van der Waals surface area contributed by atoms with Crippen LogP contribution in [-0.4, -0.2) is 37.2 Å². The Hall–Kier alpha value is -5.49. The maximum absolute atomic E-state index is 12.8. The Morgan fingerprint density at radius 2 is 0.623 bits per heavy atom. The van der Waals surface area contributed by atoms with Crippen LogP contribution in [0.15, 0.2) is 182 Å². The van der Waals surface area contributed by atoms with Gasteiger partial charge in [0, 0.05) is 19.3 Å². The first-order valence-electron chi connectivity index (χ1n) is 26.3. The van der Waals surface area contributed by atoms with Gasteiger partial charge in [-0.15, -0.1) is 0 Å². The molecule has 0 saturated heterocycles. The number of hydrogen-bond acceptors (Lipinski definition) is 6. The molecule has 380 valence electrons. The van der Waals surface area contributed by atoms with Crippen molar-refractivity contribution in [2.45, 2.75) is 181 Å². The average molecular weight is 945 g/mol. The molecule has 1 unspecified atom stereocenters. The number of esters is 3. The molecule has 0 radical (unpaired) electrons. The van der Waals surface area contributed by atoms with E-state index in [1.54, 1.807) is 0 Å². The number of carbonyl (C=O) groups is 3. The van der Waals surface area contributed by atoms with E-state index < -0.39 is 6.10 Å². The van der Waals surface area contributed by atoms with Crippen molar-refractivity contribution in [1.29, 1.82) is 0 Å². The summed E-state index contributed by atoms with van der Waals surface area (Å²) in [6.07, 6.45) is 83.2. The Bertz CT molecular complexity index is 1700. The van der Waals surface area contributed by atoms with E-state index in [2.05, 4.69) is 154 Å². The van der Waals surface area contributed by atoms with Crippen LogP contribution in [0.4, 0.5) is 0 Å². The lowest BCUT2D eigenvalue weighted by Gasteiger charge is -2.18. The van der Waals surface area contributed by atoms with Crippen molar-refractivity contribution in [3.05, 3.63) is 182 Å². The van der Waals surface area contributed by atoms with Crippen LogP contribution in [0.3, 0.4) is 0 Å². The molecule has 0 heterocycles. The van der Waals surface area contributed by atoms with Crippen molar-refractivity contribution in [3.8, 4) is 0 Å². The van der Waals surface area contributed by atoms with Gasteiger partial charge in [-0.3, -0.25) is 14.4 Å². The summed E-state index contributed by atoms with van der Waals surface area (Å²) in [5.74, 6) is -1.12. The molecule has 0 saturated carbocycles. The zero-order valence-electron chi connectivity index (χ0n) is 43.2. The highest BCUT2D eigenvalue weighted by Crippen LogP contribution is 2.10. The minimum atomic E-state index is -0.853. The lowest BCUT2D eigenvalue weighted by atomic mass is 10.1. The van der Waals surface area contributed by atoms with Gasteiger partial charge in [-0.25, -0.2) is 0 Å². The number of unbranched alkanes of at least 4 members (excludes halogenated alkanes) is 6. The van der Waals surface area contributed by atoms with E-state index >= 15 is 0 Å². The fourth-order valence-corrected chi connectivity index (χ4v) is 6.15. The normalized spacial score (nSPS) is 13.6. The van der Waals surface area contributed by atoms with E-state index in [1.165, 1.54) is 0 Å². The molecule has 6 nitrogen and oxygen atoms in total. The topological polar surface area (TPSA) is 78.9 Å². The third-order valence-electron chi connectivity index (χ3n) is 9.99. The van der Waals surface area contributed by atoms with E-state index in [0.29, 0.717) is 19.3 Å². The lowest BCUT2D eigenvalue weighted by molar-refractivity contribution is -0.166. The Balaban J connectivity index is 4.66. The first-order valence-corrected chi connectivity index (χ1v) is 26.3. The predicted octanol–water partition coefficient (Wildman–Crippen LogP) is 17.7. The molecule has 0 aliphatic carbocycles. The summed E-state index contributed by atoms with van der Waals surface area (Å²) in [4.78, 5) is 38.0. The highest BCUT2D eigenvalue weighted by atomic mass is 16.6. The van der Waals surface area contributed by atoms with E-state index in [9.17, 15) is 14.4 Å². The van der Waals surface area contributed by atoms with Crippen LogP contribution in [-0.2, 0) is 28.6 Å². The summed E-state index contributed by atoms with van der Waals surface area (Å²) < 4.78 is 16.7. The maximum Gasteiger partial charge on any atom is 0.306 e. The van der Waals surface area contributed by atoms with Crippen LogP contribution in [0.2, 0.25) is 0 Å². The highest BCUT2D eigenvalue weighted by molar-refractivity contribution is 5.71. The van der Waals surface area contributed by atoms with Gasteiger partial charge >= 0.3 is 17.9 Å². The molecule has 69 heavy (non-hydrogen) atoms. The molecule has 0 aliphatic rings. The SMILES string of the molecule is CC\C=C/C=C\C=C/C=C\CCCCCC(=O)OCC(COC(=O)CC/C=C\C/C=C\C/C=C\C/C=C\C/C=C\C/C=C\CC)OC(=O)CCCCC/C=C\C/C=C\C/C=C\C/C=C\C/C=C\CC. The zero-order valence-corrected chi connectivity index (χ0v) is 43.2. The molecule has 0 aromatic heterocycles. The standard InChI is InChI=1S/C63H92O6/c1-4-7-10-13-16-19-22-25-27-29-31-33-35-38-41-44-47-50-53-56-62(65)68-59-60(58-67-61(64)55-52-49-46-43-40-37-24-21-18-15-12-9-6-3)69-63(66)57-54-51-48-45-42-39-36-34-32-30-28-26-23-20-17-14-11-8-5-2/h7-12,15-21,24-28,31-34,37-42,47,50,60H,4-6,13-14,22-23,29-30,35-36,43-46,48-49,51-59H2,1-3H3/b10-7-,11-8-,12-9-,18-15-,19-16-,20-17-,24-21-,27-25-,28-26-,33-31-,34-32-,40-37-,41-38-,42-39-,50-47-. The van der Waals surface area contributed by atoms with Crippen LogP contribution in [0.25, 0.3) is 0 Å². The van der Waals surface area contributed by atoms with Gasteiger partial charge in [0.05, 0.1) is 0 Å². The Morgan fingerprint density at radius 3 is 1.04 bits per heavy atom. The van der Waals surface area contributed by atoms with Crippen LogP contribution < -0.4 is 0 Å². The predicted molar refractivity (Wildman–Crippen MR) is 297 cm³/mol. The van der Waals surface area contributed by atoms with Crippen LogP contribution in [0, 0.1) is 0 Å². The molecule has 0 aliphatic heterocycles. The van der Waals surface area contributed by atoms with Gasteiger partial charge < -0.3 is 14.2 Å². The number of ether oxygens (including phenoxy) is 3. The number of allylic oxidation sites excluding steroid dienone is 30. The monoisotopic (exact) mass is 945 g/mol. The van der Waals surface area contributed by atoms with Crippen molar-refractivity contribution in [3.63, 3.8) is 0 Å². The van der Waals surface area contributed by atoms with Crippen molar-refractivity contribution in [1.82, 2.24) is 0 Å². The molecule has 0 fully saturated rings. The molecule has 0 bridgehead atoms. The van der Waals surface area contributed by atoms with Crippen LogP contribution >= 0.6 is 0 Å². The zero-order chi connectivity index (χ0) is 50.0. The molecule has 6 heteroatoms. The molecule has 0 aromatic carbocycles. The Morgan fingerprint density at radius 1 is 0.304 bits per heavy atom. The third-order valence-corrected chi connectivity index (χ3v) is 9.99. The van der Waals surface area contributed by atoms with E-state index in [-0.39, 0.29) is 50.4 Å². The van der Waals surface area contributed by atoms with Crippen molar-refractivity contribution in [2.24, 2.45) is 0 Å². The summed E-state index contributed by atoms with van der Waals surface area (Å²) in [5.41, 5.74) is 0. The van der Waals surface area contributed by atoms with Gasteiger partial charge in [0.25, 0.3) is 0 Å². The van der Waals surface area contributed by atoms with Gasteiger partial charge in [0.2, 0.25) is 0 Å². The molecule has 0 rings (SSSR count). The number of hydrogen-bond donors (Lipinski definition) is 0. The molecule has 1 atom stereocenters. The van der Waals surface area contributed by atoms with Crippen molar-refractivity contribution < 1.29 is 28.6 Å². The van der Waals surface area contributed by atoms with Crippen LogP contribution in [0.1, 0.15) is 175 Å². The molecule has 0 N–H and O–H groups in total. The summed E-state index contributed by atoms with van der Waals surface area (Å²) in [7, 11) is 0. The van der Waals surface area contributed by atoms with Gasteiger partial charge in [0.15, 0.2) is 6.10 Å². The summed E-state index contributed by atoms with van der Waals surface area (Å²) >= 11 is 0. The van der Waals surface area contributed by atoms with Gasteiger partial charge in [-0.05, 0) is 122 Å². The maximum atomic E-state index is 12.8.